The van der Waals surface area contributed by atoms with Gasteiger partial charge in [0.15, 0.2) is 18.9 Å². The summed E-state index contributed by atoms with van der Waals surface area (Å²) >= 11 is 0. The van der Waals surface area contributed by atoms with E-state index in [1.165, 1.54) is 0 Å². The first kappa shape index (κ1) is 10.3. The van der Waals surface area contributed by atoms with Gasteiger partial charge in [-0.2, -0.15) is 0 Å². The van der Waals surface area contributed by atoms with Crippen molar-refractivity contribution in [2.45, 2.75) is 6.54 Å². The molecule has 5 nitrogen and oxygen atoms in total. The monoisotopic (exact) mass is 203 g/mol. The summed E-state index contributed by atoms with van der Waals surface area (Å²) in [4.78, 5) is 18.4. The fourth-order valence-corrected chi connectivity index (χ4v) is 1.16. The van der Waals surface area contributed by atoms with Crippen LogP contribution in [0.1, 0.15) is 0 Å². The molecule has 0 fully saturated rings. The Kier molecular flexibility index (Phi) is 3.57. The molecule has 1 aromatic heterocycles. The quantitative estimate of drug-likeness (QED) is 0.526. The molecule has 0 saturated carbocycles. The first-order chi connectivity index (χ1) is 6.08. The molecule has 0 bridgehead atoms. The summed E-state index contributed by atoms with van der Waals surface area (Å²) in [5.41, 5.74) is 0. The smallest absolute Gasteiger partial charge is 0.265 e. The Morgan fingerprint density at radius 3 is 2.54 bits per heavy atom. The topological polar surface area (TPSA) is 73.5 Å². The van der Waals surface area contributed by atoms with E-state index in [-0.39, 0.29) is 6.61 Å². The van der Waals surface area contributed by atoms with Crippen molar-refractivity contribution in [2.24, 2.45) is 0 Å². The number of hydrogen-bond donors (Lipinski definition) is 1. The molecule has 72 valence electrons. The lowest BCUT2D eigenvalue weighted by Gasteiger charge is -2.13. The minimum absolute atomic E-state index is 0.0635. The third-order valence-electron chi connectivity index (χ3n) is 1.38. The molecule has 13 heavy (non-hydrogen) atoms. The second-order valence-electron chi connectivity index (χ2n) is 2.42. The van der Waals surface area contributed by atoms with Gasteiger partial charge in [-0.15, -0.1) is 0 Å². The molecule has 1 N–H and O–H groups in total. The highest BCUT2D eigenvalue weighted by atomic mass is 31.2. The van der Waals surface area contributed by atoms with Crippen molar-refractivity contribution in [3.8, 4) is 0 Å². The normalized spacial score (nSPS) is 15.2. The van der Waals surface area contributed by atoms with Crippen molar-refractivity contribution in [3.63, 3.8) is 0 Å². The summed E-state index contributed by atoms with van der Waals surface area (Å²) in [5, 5.41) is 0. The summed E-state index contributed by atoms with van der Waals surface area (Å²) in [7, 11) is -4.57. The lowest BCUT2D eigenvalue weighted by molar-refractivity contribution is -0.697. The van der Waals surface area contributed by atoms with Crippen LogP contribution in [-0.2, 0) is 15.6 Å². The molecule has 1 aromatic rings. The number of hydrogen-bond acceptors (Lipinski definition) is 3. The molecule has 0 amide bonds. The second kappa shape index (κ2) is 4.48. The van der Waals surface area contributed by atoms with E-state index >= 15 is 0 Å². The van der Waals surface area contributed by atoms with Crippen molar-refractivity contribution in [3.05, 3.63) is 30.6 Å². The van der Waals surface area contributed by atoms with E-state index in [1.54, 1.807) is 17.0 Å². The van der Waals surface area contributed by atoms with Crippen LogP contribution in [0.15, 0.2) is 30.6 Å². The maximum atomic E-state index is 10.2. The Morgan fingerprint density at radius 2 is 2.00 bits per heavy atom. The number of phosphoric acid groups is 1. The van der Waals surface area contributed by atoms with Gasteiger partial charge in [-0.1, -0.05) is 6.07 Å². The highest BCUT2D eigenvalue weighted by molar-refractivity contribution is 7.44. The van der Waals surface area contributed by atoms with Gasteiger partial charge in [0.1, 0.15) is 6.61 Å². The second-order valence-corrected chi connectivity index (χ2v) is 3.61. The van der Waals surface area contributed by atoms with Crippen molar-refractivity contribution in [2.75, 3.05) is 6.61 Å². The molecule has 0 radical (unpaired) electrons. The van der Waals surface area contributed by atoms with Crippen LogP contribution >= 0.6 is 7.82 Å². The largest absolute Gasteiger partial charge is 0.756 e. The molecule has 0 aliphatic carbocycles. The average molecular weight is 203 g/mol. The van der Waals surface area contributed by atoms with Gasteiger partial charge in [-0.05, 0) is 0 Å². The van der Waals surface area contributed by atoms with Gasteiger partial charge in [0.25, 0.3) is 7.82 Å². The van der Waals surface area contributed by atoms with Gasteiger partial charge in [0.2, 0.25) is 0 Å². The van der Waals surface area contributed by atoms with Gasteiger partial charge in [-0.25, -0.2) is 4.57 Å². The van der Waals surface area contributed by atoms with Crippen LogP contribution in [0.3, 0.4) is 0 Å². The van der Waals surface area contributed by atoms with Crippen LogP contribution in [0.5, 0.6) is 0 Å². The summed E-state index contributed by atoms with van der Waals surface area (Å²) in [5.74, 6) is 0. The molecule has 0 aliphatic heterocycles. The Bertz CT molecular complexity index is 297. The molecule has 0 saturated heterocycles. The van der Waals surface area contributed by atoms with Crippen LogP contribution in [-0.4, -0.2) is 11.5 Å². The summed E-state index contributed by atoms with van der Waals surface area (Å²) in [6, 6.07) is 5.48. The summed E-state index contributed by atoms with van der Waals surface area (Å²) < 4.78 is 16.1. The Hall–Kier alpha value is -0.740. The van der Waals surface area contributed by atoms with Gasteiger partial charge >= 0.3 is 0 Å². The first-order valence-electron chi connectivity index (χ1n) is 3.70. The van der Waals surface area contributed by atoms with Crippen molar-refractivity contribution in [1.29, 1.82) is 0 Å². The number of rotatable bonds is 4. The Balaban J connectivity index is 2.33. The molecule has 1 rings (SSSR count). The predicted octanol–water partition coefficient (Wildman–Crippen LogP) is -0.549. The number of pyridine rings is 1. The van der Waals surface area contributed by atoms with Gasteiger partial charge in [-0.3, -0.25) is 4.57 Å². The fraction of sp³-hybridized carbons (Fsp3) is 0.286. The lowest BCUT2D eigenvalue weighted by Crippen LogP contribution is -2.34. The van der Waals surface area contributed by atoms with Crippen molar-refractivity contribution >= 4 is 7.82 Å². The standard InChI is InChI=1S/C7H10NO4P/c9-13(10,11)12-7-6-8-4-2-1-3-5-8/h1-5H,6-7H2,(H-,9,10,11). The summed E-state index contributed by atoms with van der Waals surface area (Å²) in [6.45, 7) is 0.319. The third-order valence-corrected chi connectivity index (χ3v) is 1.89. The van der Waals surface area contributed by atoms with E-state index < -0.39 is 7.82 Å². The summed E-state index contributed by atoms with van der Waals surface area (Å²) in [6.07, 6.45) is 3.55. The molecule has 1 unspecified atom stereocenters. The van der Waals surface area contributed by atoms with Crippen molar-refractivity contribution < 1.29 is 23.4 Å². The van der Waals surface area contributed by atoms with E-state index in [9.17, 15) is 9.46 Å². The number of nitrogens with zero attached hydrogens (tertiary/aromatic N) is 1. The molecule has 1 atom stereocenters. The first-order valence-corrected chi connectivity index (χ1v) is 5.20. The molecule has 0 aliphatic rings. The minimum atomic E-state index is -4.57. The maximum absolute atomic E-state index is 10.2. The van der Waals surface area contributed by atoms with E-state index in [0.29, 0.717) is 6.54 Å². The molecule has 0 aromatic carbocycles. The van der Waals surface area contributed by atoms with Crippen LogP contribution in [0.2, 0.25) is 0 Å². The molecular weight excluding hydrogens is 193 g/mol. The highest BCUT2D eigenvalue weighted by Gasteiger charge is 2.03. The molecule has 6 heteroatoms. The molecular formula is C7H10NO4P. The zero-order valence-corrected chi connectivity index (χ0v) is 7.76. The van der Waals surface area contributed by atoms with Crippen molar-refractivity contribution in [1.82, 2.24) is 0 Å². The Labute approximate surface area is 75.8 Å². The third kappa shape index (κ3) is 4.75. The zero-order valence-electron chi connectivity index (χ0n) is 6.87. The number of aromatic nitrogens is 1. The number of phosphoric ester groups is 1. The van der Waals surface area contributed by atoms with Gasteiger partial charge in [0, 0.05) is 12.1 Å². The van der Waals surface area contributed by atoms with Crippen LogP contribution < -0.4 is 9.46 Å². The predicted molar refractivity (Wildman–Crippen MR) is 42.4 cm³/mol. The minimum Gasteiger partial charge on any atom is -0.756 e. The average Bonchev–Trinajstić information content (AvgIpc) is 2.04. The van der Waals surface area contributed by atoms with E-state index in [2.05, 4.69) is 4.52 Å². The zero-order chi connectivity index (χ0) is 9.73. The maximum Gasteiger partial charge on any atom is 0.265 e. The van der Waals surface area contributed by atoms with Crippen LogP contribution in [0, 0.1) is 0 Å². The molecule has 0 spiro atoms. The lowest BCUT2D eigenvalue weighted by atomic mass is 10.5. The fourth-order valence-electron chi connectivity index (χ4n) is 0.845. The van der Waals surface area contributed by atoms with Gasteiger partial charge < -0.3 is 14.3 Å². The van der Waals surface area contributed by atoms with E-state index in [1.807, 2.05) is 18.2 Å². The Morgan fingerprint density at radius 1 is 1.38 bits per heavy atom. The van der Waals surface area contributed by atoms with Gasteiger partial charge in [0.05, 0.1) is 0 Å². The SMILES string of the molecule is O=P([O-])(O)OCC[n+]1ccccc1. The van der Waals surface area contributed by atoms with E-state index in [0.717, 1.165) is 0 Å². The van der Waals surface area contributed by atoms with Crippen LogP contribution in [0.25, 0.3) is 0 Å². The highest BCUT2D eigenvalue weighted by Crippen LogP contribution is 2.29. The van der Waals surface area contributed by atoms with Crippen LogP contribution in [0.4, 0.5) is 0 Å². The molecule has 1 heterocycles. The van der Waals surface area contributed by atoms with E-state index in [4.69, 9.17) is 4.89 Å².